The van der Waals surface area contributed by atoms with Crippen molar-refractivity contribution in [3.8, 4) is 34.5 Å². The minimum atomic E-state index is -0.482. The predicted octanol–water partition coefficient (Wildman–Crippen LogP) is 6.41. The van der Waals surface area contributed by atoms with Crippen molar-refractivity contribution in [3.05, 3.63) is 104 Å². The molecule has 0 radical (unpaired) electrons. The molecule has 0 fully saturated rings. The summed E-state index contributed by atoms with van der Waals surface area (Å²) >= 11 is 0. The van der Waals surface area contributed by atoms with Crippen molar-refractivity contribution in [3.63, 3.8) is 0 Å². The molecule has 6 rings (SSSR count). The molecule has 0 bridgehead atoms. The second-order valence-electron chi connectivity index (χ2n) is 11.1. The van der Waals surface area contributed by atoms with Crippen molar-refractivity contribution in [2.24, 2.45) is 0 Å². The van der Waals surface area contributed by atoms with E-state index in [9.17, 15) is 9.59 Å². The van der Waals surface area contributed by atoms with Crippen LogP contribution < -0.4 is 28.4 Å². The molecule has 4 aromatic rings. The number of ether oxygens (including phenoxy) is 6. The van der Waals surface area contributed by atoms with E-state index in [4.69, 9.17) is 28.4 Å². The lowest BCUT2D eigenvalue weighted by Gasteiger charge is -2.39. The molecule has 4 aromatic carbocycles. The van der Waals surface area contributed by atoms with E-state index < -0.39 is 11.8 Å². The summed E-state index contributed by atoms with van der Waals surface area (Å²) in [5, 5.41) is 0. The van der Waals surface area contributed by atoms with Crippen molar-refractivity contribution >= 4 is 11.6 Å². The van der Waals surface area contributed by atoms with Gasteiger partial charge in [-0.3, -0.25) is 9.59 Å². The van der Waals surface area contributed by atoms with E-state index in [1.807, 2.05) is 50.2 Å². The van der Waals surface area contributed by atoms with Gasteiger partial charge >= 0.3 is 0 Å². The van der Waals surface area contributed by atoms with Crippen molar-refractivity contribution in [1.82, 2.24) is 0 Å². The van der Waals surface area contributed by atoms with Crippen LogP contribution in [0.15, 0.2) is 48.5 Å². The number of carbonyl (C=O) groups excluding carboxylic acids is 2. The molecule has 0 amide bonds. The highest BCUT2D eigenvalue weighted by Gasteiger charge is 2.46. The smallest absolute Gasteiger partial charge is 0.201 e. The van der Waals surface area contributed by atoms with Gasteiger partial charge in [0.15, 0.2) is 0 Å². The number of methoxy groups -OCH3 is 6. The Kier molecular flexibility index (Phi) is 7.24. The molecule has 0 heterocycles. The maximum atomic E-state index is 14.4. The Balaban J connectivity index is 1.82. The van der Waals surface area contributed by atoms with E-state index in [1.54, 1.807) is 40.6 Å². The fourth-order valence-corrected chi connectivity index (χ4v) is 6.92. The van der Waals surface area contributed by atoms with E-state index in [-0.39, 0.29) is 11.6 Å². The Morgan fingerprint density at radius 1 is 0.409 bits per heavy atom. The standard InChI is InChI=1S/C36H34O8/c1-17-9-21-29(23-13-19(39-3)15-27(43-7)33(23)35(37)31(21)25(11-17)41-5)30-22-10-18(2)12-26(42-6)32(22)36(38)34-24(30)14-20(40-4)16-28(34)44-8/h9-16,29-30H,1-8H3. The summed E-state index contributed by atoms with van der Waals surface area (Å²) in [4.78, 5) is 28.8. The van der Waals surface area contributed by atoms with Gasteiger partial charge < -0.3 is 28.4 Å². The van der Waals surface area contributed by atoms with Gasteiger partial charge in [0.1, 0.15) is 34.5 Å². The molecule has 2 aliphatic rings. The average molecular weight is 595 g/mol. The first-order valence-electron chi connectivity index (χ1n) is 14.2. The highest BCUT2D eigenvalue weighted by molar-refractivity contribution is 6.18. The Hall–Kier alpha value is -4.98. The second-order valence-corrected chi connectivity index (χ2v) is 11.1. The first kappa shape index (κ1) is 29.1. The molecule has 2 aliphatic carbocycles. The van der Waals surface area contributed by atoms with Gasteiger partial charge in [0.05, 0.1) is 64.9 Å². The van der Waals surface area contributed by atoms with Crippen LogP contribution in [0.5, 0.6) is 34.5 Å². The third-order valence-corrected chi connectivity index (χ3v) is 8.70. The van der Waals surface area contributed by atoms with Gasteiger partial charge in [0.2, 0.25) is 11.6 Å². The molecule has 0 saturated heterocycles. The predicted molar refractivity (Wildman–Crippen MR) is 165 cm³/mol. The lowest BCUT2D eigenvalue weighted by atomic mass is 9.63. The van der Waals surface area contributed by atoms with E-state index in [0.29, 0.717) is 67.9 Å². The van der Waals surface area contributed by atoms with Crippen LogP contribution in [0.3, 0.4) is 0 Å². The average Bonchev–Trinajstić information content (AvgIpc) is 3.03. The van der Waals surface area contributed by atoms with Crippen LogP contribution in [0, 0.1) is 13.8 Å². The largest absolute Gasteiger partial charge is 0.497 e. The van der Waals surface area contributed by atoms with Crippen LogP contribution in [-0.4, -0.2) is 54.2 Å². The van der Waals surface area contributed by atoms with Gasteiger partial charge in [-0.15, -0.1) is 0 Å². The van der Waals surface area contributed by atoms with Crippen molar-refractivity contribution in [1.29, 1.82) is 0 Å². The van der Waals surface area contributed by atoms with Crippen LogP contribution in [0.2, 0.25) is 0 Å². The molecule has 0 N–H and O–H groups in total. The molecule has 0 aliphatic heterocycles. The normalized spacial score (nSPS) is 16.3. The maximum Gasteiger partial charge on any atom is 0.201 e. The minimum absolute atomic E-state index is 0.208. The number of benzene rings is 4. The van der Waals surface area contributed by atoms with Crippen molar-refractivity contribution in [2.75, 3.05) is 42.7 Å². The highest BCUT2D eigenvalue weighted by Crippen LogP contribution is 2.57. The molecule has 8 nitrogen and oxygen atoms in total. The molecule has 8 heteroatoms. The van der Waals surface area contributed by atoms with E-state index >= 15 is 0 Å². The number of rotatable bonds is 7. The fourth-order valence-electron chi connectivity index (χ4n) is 6.92. The zero-order chi connectivity index (χ0) is 31.4. The summed E-state index contributed by atoms with van der Waals surface area (Å²) in [6, 6.07) is 15.0. The van der Waals surface area contributed by atoms with Gasteiger partial charge in [-0.05, 0) is 71.5 Å². The van der Waals surface area contributed by atoms with Crippen LogP contribution in [0.1, 0.15) is 77.1 Å². The molecule has 0 spiro atoms. The first-order valence-corrected chi connectivity index (χ1v) is 14.2. The zero-order valence-electron chi connectivity index (χ0n) is 26.0. The molecule has 0 saturated carbocycles. The number of ketones is 2. The summed E-state index contributed by atoms with van der Waals surface area (Å²) in [7, 11) is 9.35. The van der Waals surface area contributed by atoms with Gasteiger partial charge in [-0.2, -0.15) is 0 Å². The Morgan fingerprint density at radius 2 is 0.705 bits per heavy atom. The highest BCUT2D eigenvalue weighted by atomic mass is 16.5. The topological polar surface area (TPSA) is 89.5 Å². The van der Waals surface area contributed by atoms with Gasteiger partial charge in [0.25, 0.3) is 0 Å². The lowest BCUT2D eigenvalue weighted by molar-refractivity contribution is 0.101. The van der Waals surface area contributed by atoms with Gasteiger partial charge in [-0.1, -0.05) is 12.1 Å². The third-order valence-electron chi connectivity index (χ3n) is 8.70. The number of carbonyl (C=O) groups is 2. The first-order chi connectivity index (χ1) is 21.2. The van der Waals surface area contributed by atoms with Crippen molar-refractivity contribution < 1.29 is 38.0 Å². The minimum Gasteiger partial charge on any atom is -0.497 e. The van der Waals surface area contributed by atoms with Gasteiger partial charge in [0, 0.05) is 24.0 Å². The molecular formula is C36H34O8. The fraction of sp³-hybridized carbons (Fsp3) is 0.278. The zero-order valence-corrected chi connectivity index (χ0v) is 26.0. The summed E-state index contributed by atoms with van der Waals surface area (Å²) in [6.45, 7) is 3.94. The summed E-state index contributed by atoms with van der Waals surface area (Å²) in [5.74, 6) is 1.42. The maximum absolute atomic E-state index is 14.4. The molecule has 2 unspecified atom stereocenters. The lowest BCUT2D eigenvalue weighted by Crippen LogP contribution is -2.30. The van der Waals surface area contributed by atoms with E-state index in [1.165, 1.54) is 14.2 Å². The van der Waals surface area contributed by atoms with Crippen LogP contribution in [-0.2, 0) is 0 Å². The van der Waals surface area contributed by atoms with Crippen LogP contribution in [0.25, 0.3) is 0 Å². The van der Waals surface area contributed by atoms with Crippen molar-refractivity contribution in [2.45, 2.75) is 25.7 Å². The Labute approximate surface area is 256 Å². The molecule has 0 aromatic heterocycles. The third kappa shape index (κ3) is 4.19. The van der Waals surface area contributed by atoms with Gasteiger partial charge in [-0.25, -0.2) is 0 Å². The van der Waals surface area contributed by atoms with Crippen LogP contribution in [0.4, 0.5) is 0 Å². The summed E-state index contributed by atoms with van der Waals surface area (Å²) in [5.41, 5.74) is 6.56. The number of aryl methyl sites for hydroxylation is 2. The Morgan fingerprint density at radius 3 is 1.00 bits per heavy atom. The number of fused-ring (bicyclic) bond motifs is 4. The quantitative estimate of drug-likeness (QED) is 0.243. The monoisotopic (exact) mass is 594 g/mol. The molecule has 2 atom stereocenters. The number of hydrogen-bond acceptors (Lipinski definition) is 8. The molecule has 226 valence electrons. The number of hydrogen-bond donors (Lipinski definition) is 0. The molecular weight excluding hydrogens is 560 g/mol. The van der Waals surface area contributed by atoms with Crippen LogP contribution >= 0.6 is 0 Å². The molecule has 44 heavy (non-hydrogen) atoms. The summed E-state index contributed by atoms with van der Waals surface area (Å²) in [6.07, 6.45) is 0. The summed E-state index contributed by atoms with van der Waals surface area (Å²) < 4.78 is 34.6. The SMILES string of the molecule is COc1cc(OC)c2c(c1)C(C1c3cc(C)cc(OC)c3C(=O)c3c(OC)cc(OC)cc31)c1cc(C)cc(OC)c1C2=O. The second kappa shape index (κ2) is 10.9. The van der Waals surface area contributed by atoms with E-state index in [2.05, 4.69) is 0 Å². The van der Waals surface area contributed by atoms with E-state index in [0.717, 1.165) is 22.3 Å². The Bertz CT molecular complexity index is 1720.